The number of ether oxygens (including phenoxy) is 1. The van der Waals surface area contributed by atoms with Gasteiger partial charge >= 0.3 is 0 Å². The first-order chi connectivity index (χ1) is 14.1. The second kappa shape index (κ2) is 8.47. The average molecular weight is 396 g/mol. The number of guanidine groups is 1. The van der Waals surface area contributed by atoms with E-state index in [1.165, 1.54) is 36.8 Å². The van der Waals surface area contributed by atoms with Crippen LogP contribution in [0.25, 0.3) is 0 Å². The van der Waals surface area contributed by atoms with E-state index in [0.717, 1.165) is 37.8 Å². The number of benzene rings is 1. The summed E-state index contributed by atoms with van der Waals surface area (Å²) in [5.74, 6) is 2.49. The molecule has 29 heavy (non-hydrogen) atoms. The second-order valence-electron chi connectivity index (χ2n) is 8.50. The van der Waals surface area contributed by atoms with E-state index in [0.29, 0.717) is 5.92 Å². The molecule has 0 bridgehead atoms. The van der Waals surface area contributed by atoms with Crippen LogP contribution in [0.1, 0.15) is 49.1 Å². The molecule has 2 fully saturated rings. The van der Waals surface area contributed by atoms with Gasteiger partial charge in [0.1, 0.15) is 5.75 Å². The van der Waals surface area contributed by atoms with Gasteiger partial charge in [-0.05, 0) is 42.5 Å². The number of nitrogens with one attached hydrogen (secondary N) is 1. The van der Waals surface area contributed by atoms with Gasteiger partial charge in [0, 0.05) is 51.3 Å². The highest BCUT2D eigenvalue weighted by Gasteiger charge is 2.37. The number of hydrogen-bond acceptors (Lipinski definition) is 3. The van der Waals surface area contributed by atoms with Crippen molar-refractivity contribution in [2.24, 2.45) is 12.0 Å². The fourth-order valence-electron chi connectivity index (χ4n) is 5.03. The number of aromatic nitrogens is 2. The maximum atomic E-state index is 5.48. The van der Waals surface area contributed by atoms with E-state index in [1.807, 2.05) is 31.0 Å². The summed E-state index contributed by atoms with van der Waals surface area (Å²) in [6, 6.07) is 8.61. The number of aliphatic imine (C=N–C) groups is 1. The van der Waals surface area contributed by atoms with Gasteiger partial charge in [-0.1, -0.05) is 25.0 Å². The minimum absolute atomic E-state index is 0.160. The fraction of sp³-hybridized carbons (Fsp3) is 0.565. The molecule has 1 unspecified atom stereocenters. The van der Waals surface area contributed by atoms with Crippen molar-refractivity contribution in [2.75, 3.05) is 33.8 Å². The van der Waals surface area contributed by atoms with Gasteiger partial charge in [-0.15, -0.1) is 0 Å². The van der Waals surface area contributed by atoms with E-state index in [-0.39, 0.29) is 5.41 Å². The molecule has 1 saturated carbocycles. The van der Waals surface area contributed by atoms with Crippen LogP contribution < -0.4 is 10.1 Å². The predicted octanol–water partition coefficient (Wildman–Crippen LogP) is 3.31. The van der Waals surface area contributed by atoms with Gasteiger partial charge < -0.3 is 15.0 Å². The molecule has 1 aliphatic heterocycles. The topological polar surface area (TPSA) is 54.7 Å². The third-order valence-corrected chi connectivity index (χ3v) is 6.72. The fourth-order valence-corrected chi connectivity index (χ4v) is 5.03. The van der Waals surface area contributed by atoms with Gasteiger partial charge in [-0.25, -0.2) is 0 Å². The van der Waals surface area contributed by atoms with Gasteiger partial charge in [-0.2, -0.15) is 5.10 Å². The van der Waals surface area contributed by atoms with Crippen molar-refractivity contribution in [1.82, 2.24) is 20.0 Å². The lowest BCUT2D eigenvalue weighted by molar-refractivity contribution is 0.398. The van der Waals surface area contributed by atoms with Crippen molar-refractivity contribution in [3.05, 3.63) is 47.8 Å². The molecule has 1 atom stereocenters. The van der Waals surface area contributed by atoms with Gasteiger partial charge in [0.05, 0.1) is 13.3 Å². The minimum Gasteiger partial charge on any atom is -0.497 e. The molecule has 2 heterocycles. The molecular weight excluding hydrogens is 362 g/mol. The molecule has 6 heteroatoms. The van der Waals surface area contributed by atoms with Crippen LogP contribution >= 0.6 is 0 Å². The highest BCUT2D eigenvalue weighted by Crippen LogP contribution is 2.41. The van der Waals surface area contributed by atoms with Crippen molar-refractivity contribution in [1.29, 1.82) is 0 Å². The quantitative estimate of drug-likeness (QED) is 0.623. The third kappa shape index (κ3) is 4.11. The zero-order chi connectivity index (χ0) is 20.3. The molecule has 0 radical (unpaired) electrons. The molecule has 4 rings (SSSR count). The van der Waals surface area contributed by atoms with Crippen LogP contribution in [0.5, 0.6) is 5.75 Å². The van der Waals surface area contributed by atoms with E-state index in [9.17, 15) is 0 Å². The number of nitrogens with zero attached hydrogens (tertiary/aromatic N) is 4. The summed E-state index contributed by atoms with van der Waals surface area (Å²) >= 11 is 0. The predicted molar refractivity (Wildman–Crippen MR) is 117 cm³/mol. The van der Waals surface area contributed by atoms with Crippen molar-refractivity contribution in [3.63, 3.8) is 0 Å². The summed E-state index contributed by atoms with van der Waals surface area (Å²) in [6.07, 6.45) is 10.3. The molecule has 1 aromatic heterocycles. The molecule has 0 amide bonds. The lowest BCUT2D eigenvalue weighted by Gasteiger charge is -2.32. The zero-order valence-electron chi connectivity index (χ0n) is 17.9. The van der Waals surface area contributed by atoms with Gasteiger partial charge in [0.25, 0.3) is 0 Å². The van der Waals surface area contributed by atoms with Gasteiger partial charge in [-0.3, -0.25) is 9.67 Å². The van der Waals surface area contributed by atoms with Crippen LogP contribution in [0.4, 0.5) is 0 Å². The number of likely N-dealkylation sites (tertiary alicyclic amines) is 1. The number of hydrogen-bond donors (Lipinski definition) is 1. The summed E-state index contributed by atoms with van der Waals surface area (Å²) < 4.78 is 7.38. The summed E-state index contributed by atoms with van der Waals surface area (Å²) in [7, 11) is 5.62. The number of rotatable bonds is 5. The Morgan fingerprint density at radius 3 is 2.86 bits per heavy atom. The minimum atomic E-state index is 0.160. The molecule has 1 N–H and O–H groups in total. The van der Waals surface area contributed by atoms with Crippen molar-refractivity contribution >= 4 is 5.96 Å². The van der Waals surface area contributed by atoms with Crippen LogP contribution in [0.15, 0.2) is 41.7 Å². The lowest BCUT2D eigenvalue weighted by Crippen LogP contribution is -2.46. The van der Waals surface area contributed by atoms with E-state index in [4.69, 9.17) is 4.74 Å². The first-order valence-corrected chi connectivity index (χ1v) is 10.7. The second-order valence-corrected chi connectivity index (χ2v) is 8.50. The van der Waals surface area contributed by atoms with E-state index in [1.54, 1.807) is 7.11 Å². The van der Waals surface area contributed by atoms with Crippen LogP contribution in [-0.4, -0.2) is 54.4 Å². The van der Waals surface area contributed by atoms with Crippen LogP contribution in [0, 0.1) is 0 Å². The summed E-state index contributed by atoms with van der Waals surface area (Å²) in [4.78, 5) is 7.00. The highest BCUT2D eigenvalue weighted by molar-refractivity contribution is 5.80. The SMILES string of the molecule is CN=C(NCC1(c2cccc(OC)c2)CCCC1)N1CCC(c2cnn(C)c2)C1. The Labute approximate surface area is 174 Å². The van der Waals surface area contributed by atoms with Crippen LogP contribution in [-0.2, 0) is 12.5 Å². The molecule has 0 spiro atoms. The molecule has 1 aliphatic carbocycles. The molecule has 1 aromatic carbocycles. The Balaban J connectivity index is 1.44. The van der Waals surface area contributed by atoms with E-state index in [2.05, 4.69) is 44.7 Å². The smallest absolute Gasteiger partial charge is 0.193 e. The largest absolute Gasteiger partial charge is 0.497 e. The first kappa shape index (κ1) is 19.8. The monoisotopic (exact) mass is 395 g/mol. The van der Waals surface area contributed by atoms with Gasteiger partial charge in [0.2, 0.25) is 0 Å². The maximum Gasteiger partial charge on any atom is 0.193 e. The number of methoxy groups -OCH3 is 1. The molecule has 6 nitrogen and oxygen atoms in total. The average Bonchev–Trinajstić information content (AvgIpc) is 3.50. The molecule has 1 saturated heterocycles. The lowest BCUT2D eigenvalue weighted by atomic mass is 9.78. The molecule has 156 valence electrons. The summed E-state index contributed by atoms with van der Waals surface area (Å²) in [5.41, 5.74) is 2.87. The Bertz CT molecular complexity index is 852. The molecule has 2 aliphatic rings. The van der Waals surface area contributed by atoms with Crippen LogP contribution in [0.3, 0.4) is 0 Å². The Hall–Kier alpha value is -2.50. The van der Waals surface area contributed by atoms with Crippen molar-refractivity contribution in [2.45, 2.75) is 43.4 Å². The standard InChI is InChI=1S/C23H33N5O/c1-24-22(28-12-9-18(16-28)19-14-26-27(2)15-19)25-17-23(10-4-5-11-23)20-7-6-8-21(13-20)29-3/h6-8,13-15,18H,4-5,9-12,16-17H2,1-3H3,(H,24,25). The Morgan fingerprint density at radius 1 is 1.34 bits per heavy atom. The Kier molecular flexibility index (Phi) is 5.79. The summed E-state index contributed by atoms with van der Waals surface area (Å²) in [5, 5.41) is 8.06. The highest BCUT2D eigenvalue weighted by atomic mass is 16.5. The molecule has 2 aromatic rings. The van der Waals surface area contributed by atoms with Crippen LogP contribution in [0.2, 0.25) is 0 Å². The first-order valence-electron chi connectivity index (χ1n) is 10.7. The number of aryl methyl sites for hydroxylation is 1. The van der Waals surface area contributed by atoms with Crippen molar-refractivity contribution in [3.8, 4) is 5.75 Å². The van der Waals surface area contributed by atoms with Crippen molar-refractivity contribution < 1.29 is 4.74 Å². The maximum absolute atomic E-state index is 5.48. The van der Waals surface area contributed by atoms with E-state index >= 15 is 0 Å². The Morgan fingerprint density at radius 2 is 2.17 bits per heavy atom. The summed E-state index contributed by atoms with van der Waals surface area (Å²) in [6.45, 7) is 2.95. The zero-order valence-corrected chi connectivity index (χ0v) is 17.9. The molecular formula is C23H33N5O. The van der Waals surface area contributed by atoms with Gasteiger partial charge in [0.15, 0.2) is 5.96 Å². The normalized spacial score (nSPS) is 21.6. The third-order valence-electron chi connectivity index (χ3n) is 6.72. The van der Waals surface area contributed by atoms with E-state index < -0.39 is 0 Å².